The quantitative estimate of drug-likeness (QED) is 0.0262. The van der Waals surface area contributed by atoms with Crippen molar-refractivity contribution in [3.8, 4) is 0 Å². The topological polar surface area (TPSA) is 78.9 Å². The molecule has 6 heteroatoms. The van der Waals surface area contributed by atoms with Gasteiger partial charge in [-0.05, 0) is 89.9 Å². The average Bonchev–Trinajstić information content (AvgIpc) is 3.26. The highest BCUT2D eigenvalue weighted by atomic mass is 16.6. The van der Waals surface area contributed by atoms with Gasteiger partial charge < -0.3 is 14.2 Å². The minimum atomic E-state index is -0.778. The lowest BCUT2D eigenvalue weighted by molar-refractivity contribution is -0.167. The van der Waals surface area contributed by atoms with E-state index in [0.29, 0.717) is 19.3 Å². The Morgan fingerprint density at radius 2 is 0.557 bits per heavy atom. The molecule has 0 aromatic carbocycles. The van der Waals surface area contributed by atoms with E-state index in [-0.39, 0.29) is 31.1 Å². The predicted octanol–water partition coefficient (Wildman–Crippen LogP) is 17.3. The third-order valence-corrected chi connectivity index (χ3v) is 11.6. The van der Waals surface area contributed by atoms with Gasteiger partial charge in [-0.3, -0.25) is 14.4 Å². The molecular weight excluding hydrogens is 757 g/mol. The summed E-state index contributed by atoms with van der Waals surface area (Å²) in [5, 5.41) is 0. The van der Waals surface area contributed by atoms with Gasteiger partial charge in [0, 0.05) is 19.3 Å². The van der Waals surface area contributed by atoms with E-state index in [1.807, 2.05) is 0 Å². The van der Waals surface area contributed by atoms with Gasteiger partial charge >= 0.3 is 17.9 Å². The second kappa shape index (κ2) is 50.3. The van der Waals surface area contributed by atoms with E-state index in [4.69, 9.17) is 14.2 Å². The Kier molecular flexibility index (Phi) is 48.3. The summed E-state index contributed by atoms with van der Waals surface area (Å²) in [4.78, 5) is 37.9. The summed E-state index contributed by atoms with van der Waals surface area (Å²) in [6.45, 7) is 6.59. The lowest BCUT2D eigenvalue weighted by Gasteiger charge is -2.18. The van der Waals surface area contributed by atoms with Crippen molar-refractivity contribution in [2.24, 2.45) is 0 Å². The number of esters is 3. The van der Waals surface area contributed by atoms with Crippen LogP contribution in [0.1, 0.15) is 278 Å². The number of allylic oxidation sites excluding steroid dienone is 6. The van der Waals surface area contributed by atoms with Crippen molar-refractivity contribution in [1.29, 1.82) is 0 Å². The lowest BCUT2D eigenvalue weighted by atomic mass is 10.1. The minimum absolute atomic E-state index is 0.0789. The molecule has 0 aromatic rings. The van der Waals surface area contributed by atoms with Gasteiger partial charge in [-0.25, -0.2) is 0 Å². The standard InChI is InChI=1S/C55H100O6/c1-4-7-10-13-16-19-22-24-26-27-29-31-34-36-39-42-45-48-54(57)60-51-52(61-55(58)49-46-43-40-37-32-21-18-15-12-9-6-3)50-59-53(56)47-44-41-38-35-33-30-28-25-23-20-17-14-11-8-5-2/h15,18,24-26,28,52H,4-14,16-17,19-23,27,29-51H2,1-3H3/b18-15-,26-24-,28-25-/t52-/m0/s1. The Bertz CT molecular complexity index is 1030. The highest BCUT2D eigenvalue weighted by Gasteiger charge is 2.19. The van der Waals surface area contributed by atoms with Crippen LogP contribution < -0.4 is 0 Å². The predicted molar refractivity (Wildman–Crippen MR) is 261 cm³/mol. The molecule has 0 radical (unpaired) electrons. The van der Waals surface area contributed by atoms with Gasteiger partial charge in [0.2, 0.25) is 0 Å². The van der Waals surface area contributed by atoms with Crippen molar-refractivity contribution in [3.63, 3.8) is 0 Å². The summed E-state index contributed by atoms with van der Waals surface area (Å²) in [5.74, 6) is -0.892. The van der Waals surface area contributed by atoms with E-state index in [1.165, 1.54) is 161 Å². The molecule has 0 amide bonds. The molecule has 0 aliphatic rings. The van der Waals surface area contributed by atoms with Crippen molar-refractivity contribution in [2.75, 3.05) is 13.2 Å². The van der Waals surface area contributed by atoms with Crippen LogP contribution in [0.2, 0.25) is 0 Å². The minimum Gasteiger partial charge on any atom is -0.462 e. The normalized spacial score (nSPS) is 12.2. The largest absolute Gasteiger partial charge is 0.462 e. The van der Waals surface area contributed by atoms with Gasteiger partial charge in [-0.1, -0.05) is 205 Å². The van der Waals surface area contributed by atoms with Gasteiger partial charge in [-0.15, -0.1) is 0 Å². The average molecular weight is 857 g/mol. The Hall–Kier alpha value is -2.37. The van der Waals surface area contributed by atoms with Crippen LogP contribution in [0.3, 0.4) is 0 Å². The molecule has 0 unspecified atom stereocenters. The number of hydrogen-bond acceptors (Lipinski definition) is 6. The molecule has 0 saturated carbocycles. The highest BCUT2D eigenvalue weighted by Crippen LogP contribution is 2.15. The van der Waals surface area contributed by atoms with Crippen molar-refractivity contribution in [2.45, 2.75) is 284 Å². The number of unbranched alkanes of at least 4 members (excludes halogenated alkanes) is 31. The summed E-state index contributed by atoms with van der Waals surface area (Å²) in [6, 6.07) is 0. The zero-order valence-corrected chi connectivity index (χ0v) is 40.7. The number of hydrogen-bond donors (Lipinski definition) is 0. The van der Waals surface area contributed by atoms with Gasteiger partial charge in [0.25, 0.3) is 0 Å². The molecule has 61 heavy (non-hydrogen) atoms. The van der Waals surface area contributed by atoms with E-state index in [0.717, 1.165) is 77.0 Å². The monoisotopic (exact) mass is 857 g/mol. The van der Waals surface area contributed by atoms with Crippen LogP contribution in [-0.4, -0.2) is 37.2 Å². The molecule has 6 nitrogen and oxygen atoms in total. The van der Waals surface area contributed by atoms with E-state index in [1.54, 1.807) is 0 Å². The van der Waals surface area contributed by atoms with E-state index >= 15 is 0 Å². The molecule has 0 saturated heterocycles. The SMILES string of the molecule is CCCC/C=C\CCCCCCCC(=O)O[C@@H](COC(=O)CCCCCCC/C=C\CCCCCCCC)COC(=O)CCCCCCCCC/C=C\CCCCCCCC. The summed E-state index contributed by atoms with van der Waals surface area (Å²) < 4.78 is 16.8. The molecule has 0 bridgehead atoms. The Morgan fingerprint density at radius 3 is 0.869 bits per heavy atom. The van der Waals surface area contributed by atoms with Crippen LogP contribution in [0.4, 0.5) is 0 Å². The second-order valence-corrected chi connectivity index (χ2v) is 17.8. The number of rotatable bonds is 48. The van der Waals surface area contributed by atoms with Crippen molar-refractivity contribution >= 4 is 17.9 Å². The molecule has 356 valence electrons. The van der Waals surface area contributed by atoms with Crippen LogP contribution in [0.25, 0.3) is 0 Å². The molecule has 0 aromatic heterocycles. The molecule has 0 fully saturated rings. The number of carbonyl (C=O) groups is 3. The Balaban J connectivity index is 4.34. The fraction of sp³-hybridized carbons (Fsp3) is 0.836. The summed E-state index contributed by atoms with van der Waals surface area (Å²) in [7, 11) is 0. The second-order valence-electron chi connectivity index (χ2n) is 17.8. The van der Waals surface area contributed by atoms with E-state index in [2.05, 4.69) is 57.2 Å². The Labute approximate surface area is 378 Å². The molecule has 0 N–H and O–H groups in total. The van der Waals surface area contributed by atoms with Crippen molar-refractivity contribution in [1.82, 2.24) is 0 Å². The maximum absolute atomic E-state index is 12.8. The number of ether oxygens (including phenoxy) is 3. The van der Waals surface area contributed by atoms with Crippen LogP contribution in [-0.2, 0) is 28.6 Å². The molecule has 0 aliphatic heterocycles. The zero-order valence-electron chi connectivity index (χ0n) is 40.7. The first-order valence-corrected chi connectivity index (χ1v) is 26.5. The zero-order chi connectivity index (χ0) is 44.4. The van der Waals surface area contributed by atoms with Gasteiger partial charge in [0.15, 0.2) is 6.10 Å². The summed E-state index contributed by atoms with van der Waals surface area (Å²) >= 11 is 0. The summed E-state index contributed by atoms with van der Waals surface area (Å²) in [6.07, 6.45) is 58.4. The third kappa shape index (κ3) is 48.5. The highest BCUT2D eigenvalue weighted by molar-refractivity contribution is 5.71. The summed E-state index contributed by atoms with van der Waals surface area (Å²) in [5.41, 5.74) is 0. The van der Waals surface area contributed by atoms with Crippen molar-refractivity contribution in [3.05, 3.63) is 36.5 Å². The fourth-order valence-electron chi connectivity index (χ4n) is 7.53. The number of carbonyl (C=O) groups excluding carboxylic acids is 3. The van der Waals surface area contributed by atoms with Crippen LogP contribution in [0, 0.1) is 0 Å². The van der Waals surface area contributed by atoms with Crippen molar-refractivity contribution < 1.29 is 28.6 Å². The smallest absolute Gasteiger partial charge is 0.306 e. The van der Waals surface area contributed by atoms with Gasteiger partial charge in [0.1, 0.15) is 13.2 Å². The fourth-order valence-corrected chi connectivity index (χ4v) is 7.53. The molecule has 0 rings (SSSR count). The van der Waals surface area contributed by atoms with E-state index in [9.17, 15) is 14.4 Å². The first kappa shape index (κ1) is 58.6. The maximum atomic E-state index is 12.8. The van der Waals surface area contributed by atoms with Gasteiger partial charge in [0.05, 0.1) is 0 Å². The molecule has 0 heterocycles. The molecule has 0 spiro atoms. The van der Waals surface area contributed by atoms with E-state index < -0.39 is 6.10 Å². The van der Waals surface area contributed by atoms with Gasteiger partial charge in [-0.2, -0.15) is 0 Å². The van der Waals surface area contributed by atoms with Crippen LogP contribution in [0.5, 0.6) is 0 Å². The first-order valence-electron chi connectivity index (χ1n) is 26.5. The molecular formula is C55H100O6. The maximum Gasteiger partial charge on any atom is 0.306 e. The lowest BCUT2D eigenvalue weighted by Crippen LogP contribution is -2.30. The first-order chi connectivity index (χ1) is 30.0. The third-order valence-electron chi connectivity index (χ3n) is 11.6. The Morgan fingerprint density at radius 1 is 0.311 bits per heavy atom. The molecule has 1 atom stereocenters. The van der Waals surface area contributed by atoms with Crippen LogP contribution >= 0.6 is 0 Å². The van der Waals surface area contributed by atoms with Crippen LogP contribution in [0.15, 0.2) is 36.5 Å². The molecule has 0 aliphatic carbocycles.